The standard InChI is InChI=1S/C42H24N2O2/c1-5-16-34-27(12-1)32-24-40-33(29-14-4-7-18-38(29)45-40)23-37(32)44(34)26-11-9-10-25(22-26)43-35-17-6-2-15-31(35)41-36(43)21-20-30-28-13-3-8-19-39(28)46-42(30)41/h1-24H. The summed E-state index contributed by atoms with van der Waals surface area (Å²) in [6.45, 7) is 0. The van der Waals surface area contributed by atoms with E-state index in [9.17, 15) is 0 Å². The SMILES string of the molecule is c1cc(-n2c3ccccc3c3cc4oc5ccccc5c4cc32)cc(-n2c3ccccc3c3c4oc5ccccc5c4ccc32)c1. The number of para-hydroxylation sites is 4. The Labute approximate surface area is 261 Å². The molecule has 0 atom stereocenters. The maximum atomic E-state index is 6.54. The predicted molar refractivity (Wildman–Crippen MR) is 190 cm³/mol. The molecule has 0 saturated carbocycles. The number of nitrogens with zero attached hydrogens (tertiary/aromatic N) is 2. The molecule has 7 aromatic carbocycles. The predicted octanol–water partition coefficient (Wildman–Crippen LogP) is 11.7. The van der Waals surface area contributed by atoms with E-state index in [1.807, 2.05) is 18.2 Å². The van der Waals surface area contributed by atoms with Gasteiger partial charge in [-0.25, -0.2) is 0 Å². The van der Waals surface area contributed by atoms with Crippen LogP contribution in [0, 0.1) is 0 Å². The fourth-order valence-corrected chi connectivity index (χ4v) is 7.75. The van der Waals surface area contributed by atoms with Gasteiger partial charge < -0.3 is 18.0 Å². The van der Waals surface area contributed by atoms with Gasteiger partial charge in [0.25, 0.3) is 0 Å². The van der Waals surface area contributed by atoms with Gasteiger partial charge >= 0.3 is 0 Å². The molecule has 0 aliphatic rings. The van der Waals surface area contributed by atoms with Crippen LogP contribution in [0.3, 0.4) is 0 Å². The molecule has 0 aliphatic carbocycles. The third-order valence-electron chi connectivity index (χ3n) is 9.70. The minimum absolute atomic E-state index is 0.910. The molecule has 4 heterocycles. The molecule has 4 nitrogen and oxygen atoms in total. The van der Waals surface area contributed by atoms with Gasteiger partial charge in [-0.1, -0.05) is 78.9 Å². The molecule has 4 aromatic heterocycles. The molecule has 11 rings (SSSR count). The molecular formula is C42H24N2O2. The van der Waals surface area contributed by atoms with Crippen molar-refractivity contribution in [3.8, 4) is 11.4 Å². The van der Waals surface area contributed by atoms with Gasteiger partial charge in [-0.3, -0.25) is 0 Å². The van der Waals surface area contributed by atoms with Crippen LogP contribution in [0.25, 0.3) is 98.9 Å². The van der Waals surface area contributed by atoms with E-state index in [4.69, 9.17) is 8.83 Å². The van der Waals surface area contributed by atoms with E-state index in [0.717, 1.165) is 82.7 Å². The van der Waals surface area contributed by atoms with Gasteiger partial charge in [0.05, 0.1) is 27.5 Å². The Hall–Kier alpha value is -6.26. The van der Waals surface area contributed by atoms with Gasteiger partial charge in [0, 0.05) is 49.1 Å². The van der Waals surface area contributed by atoms with Gasteiger partial charge in [0.2, 0.25) is 0 Å². The van der Waals surface area contributed by atoms with Crippen molar-refractivity contribution in [1.29, 1.82) is 0 Å². The summed E-state index contributed by atoms with van der Waals surface area (Å²) in [5, 5.41) is 9.24. The van der Waals surface area contributed by atoms with E-state index < -0.39 is 0 Å². The number of benzene rings is 7. The van der Waals surface area contributed by atoms with Gasteiger partial charge in [-0.15, -0.1) is 0 Å². The lowest BCUT2D eigenvalue weighted by Crippen LogP contribution is -1.98. The average molecular weight is 589 g/mol. The molecule has 0 radical (unpaired) electrons. The van der Waals surface area contributed by atoms with Crippen LogP contribution in [-0.2, 0) is 0 Å². The van der Waals surface area contributed by atoms with E-state index in [0.29, 0.717) is 0 Å². The fraction of sp³-hybridized carbons (Fsp3) is 0. The molecule has 4 heteroatoms. The second-order valence-corrected chi connectivity index (χ2v) is 12.1. The van der Waals surface area contributed by atoms with Crippen molar-refractivity contribution in [3.63, 3.8) is 0 Å². The number of hydrogen-bond donors (Lipinski definition) is 0. The van der Waals surface area contributed by atoms with Gasteiger partial charge in [0.1, 0.15) is 22.3 Å². The number of rotatable bonds is 2. The summed E-state index contributed by atoms with van der Waals surface area (Å²) in [6.07, 6.45) is 0. The zero-order valence-electron chi connectivity index (χ0n) is 24.6. The topological polar surface area (TPSA) is 36.1 Å². The smallest absolute Gasteiger partial charge is 0.145 e. The molecule has 0 N–H and O–H groups in total. The minimum Gasteiger partial charge on any atom is -0.456 e. The Morgan fingerprint density at radius 3 is 1.72 bits per heavy atom. The van der Waals surface area contributed by atoms with Crippen molar-refractivity contribution in [2.75, 3.05) is 0 Å². The Kier molecular flexibility index (Phi) is 4.55. The number of fused-ring (bicyclic) bond motifs is 13. The number of furan rings is 2. The lowest BCUT2D eigenvalue weighted by atomic mass is 10.1. The quantitative estimate of drug-likeness (QED) is 0.201. The van der Waals surface area contributed by atoms with Crippen molar-refractivity contribution in [3.05, 3.63) is 146 Å². The monoisotopic (exact) mass is 588 g/mol. The largest absolute Gasteiger partial charge is 0.456 e. The van der Waals surface area contributed by atoms with Crippen molar-refractivity contribution >= 4 is 87.5 Å². The van der Waals surface area contributed by atoms with E-state index in [1.165, 1.54) is 16.2 Å². The lowest BCUT2D eigenvalue weighted by molar-refractivity contribution is 0.669. The first kappa shape index (κ1) is 24.1. The summed E-state index contributed by atoms with van der Waals surface area (Å²) in [5.41, 5.74) is 10.5. The van der Waals surface area contributed by atoms with E-state index in [-0.39, 0.29) is 0 Å². The molecule has 0 fully saturated rings. The summed E-state index contributed by atoms with van der Waals surface area (Å²) in [4.78, 5) is 0. The van der Waals surface area contributed by atoms with Crippen molar-refractivity contribution in [1.82, 2.24) is 9.13 Å². The average Bonchev–Trinajstić information content (AvgIpc) is 3.84. The highest BCUT2D eigenvalue weighted by molar-refractivity contribution is 6.24. The molecule has 11 aromatic rings. The Bertz CT molecular complexity index is 3040. The second-order valence-electron chi connectivity index (χ2n) is 12.1. The van der Waals surface area contributed by atoms with Gasteiger partial charge in [0.15, 0.2) is 0 Å². The summed E-state index contributed by atoms with van der Waals surface area (Å²) in [6, 6.07) is 51.7. The number of hydrogen-bond acceptors (Lipinski definition) is 2. The van der Waals surface area contributed by atoms with Gasteiger partial charge in [-0.2, -0.15) is 0 Å². The van der Waals surface area contributed by atoms with Crippen LogP contribution in [0.4, 0.5) is 0 Å². The molecule has 0 spiro atoms. The van der Waals surface area contributed by atoms with E-state index >= 15 is 0 Å². The van der Waals surface area contributed by atoms with E-state index in [1.54, 1.807) is 0 Å². The summed E-state index contributed by atoms with van der Waals surface area (Å²) in [5.74, 6) is 0. The Morgan fingerprint density at radius 1 is 0.326 bits per heavy atom. The Morgan fingerprint density at radius 2 is 0.935 bits per heavy atom. The highest BCUT2D eigenvalue weighted by atomic mass is 16.3. The highest BCUT2D eigenvalue weighted by Crippen LogP contribution is 2.42. The van der Waals surface area contributed by atoms with Crippen molar-refractivity contribution in [2.45, 2.75) is 0 Å². The summed E-state index contributed by atoms with van der Waals surface area (Å²) < 4.78 is 17.6. The molecule has 0 saturated heterocycles. The minimum atomic E-state index is 0.910. The zero-order chi connectivity index (χ0) is 29.9. The molecule has 0 bridgehead atoms. The van der Waals surface area contributed by atoms with Crippen LogP contribution in [0.5, 0.6) is 0 Å². The van der Waals surface area contributed by atoms with Crippen LogP contribution >= 0.6 is 0 Å². The third-order valence-corrected chi connectivity index (χ3v) is 9.70. The maximum absolute atomic E-state index is 6.54. The highest BCUT2D eigenvalue weighted by Gasteiger charge is 2.20. The first-order valence-corrected chi connectivity index (χ1v) is 15.6. The molecule has 214 valence electrons. The van der Waals surface area contributed by atoms with Gasteiger partial charge in [-0.05, 0) is 66.7 Å². The molecule has 0 unspecified atom stereocenters. The van der Waals surface area contributed by atoms with Crippen molar-refractivity contribution in [2.24, 2.45) is 0 Å². The molecule has 0 amide bonds. The molecular weight excluding hydrogens is 564 g/mol. The fourth-order valence-electron chi connectivity index (χ4n) is 7.75. The normalized spacial score (nSPS) is 12.3. The van der Waals surface area contributed by atoms with Crippen LogP contribution in [-0.4, -0.2) is 9.13 Å². The summed E-state index contributed by atoms with van der Waals surface area (Å²) in [7, 11) is 0. The third kappa shape index (κ3) is 3.07. The lowest BCUT2D eigenvalue weighted by Gasteiger charge is -2.13. The Balaban J connectivity index is 1.21. The number of aromatic nitrogens is 2. The van der Waals surface area contributed by atoms with E-state index in [2.05, 4.69) is 137 Å². The molecule has 0 aliphatic heterocycles. The van der Waals surface area contributed by atoms with Crippen molar-refractivity contribution < 1.29 is 8.83 Å². The van der Waals surface area contributed by atoms with Crippen LogP contribution in [0.15, 0.2) is 154 Å². The first-order valence-electron chi connectivity index (χ1n) is 15.6. The van der Waals surface area contributed by atoms with Crippen LogP contribution in [0.2, 0.25) is 0 Å². The second kappa shape index (κ2) is 8.68. The van der Waals surface area contributed by atoms with Crippen LogP contribution < -0.4 is 0 Å². The maximum Gasteiger partial charge on any atom is 0.145 e. The molecule has 46 heavy (non-hydrogen) atoms. The zero-order valence-corrected chi connectivity index (χ0v) is 24.6. The van der Waals surface area contributed by atoms with Crippen LogP contribution in [0.1, 0.15) is 0 Å². The first-order chi connectivity index (χ1) is 22.8. The summed E-state index contributed by atoms with van der Waals surface area (Å²) >= 11 is 0.